The summed E-state index contributed by atoms with van der Waals surface area (Å²) < 4.78 is 1.87. The van der Waals surface area contributed by atoms with E-state index in [1.807, 2.05) is 16.8 Å². The van der Waals surface area contributed by atoms with E-state index in [-0.39, 0.29) is 0 Å². The summed E-state index contributed by atoms with van der Waals surface area (Å²) in [6.45, 7) is 6.44. The first-order chi connectivity index (χ1) is 8.20. The van der Waals surface area contributed by atoms with Crippen LogP contribution >= 0.6 is 0 Å². The van der Waals surface area contributed by atoms with Crippen LogP contribution in [0.25, 0.3) is 0 Å². The molecule has 0 spiro atoms. The molecule has 1 aliphatic heterocycles. The molecule has 0 atom stereocenters. The predicted octanol–water partition coefficient (Wildman–Crippen LogP) is 1.92. The Hall–Kier alpha value is -1.29. The smallest absolute Gasteiger partial charge is 0.352 e. The van der Waals surface area contributed by atoms with Crippen LogP contribution in [0.2, 0.25) is 0 Å². The summed E-state index contributed by atoms with van der Waals surface area (Å²) in [6, 6.07) is 3.48. The number of nitrogens with zero attached hydrogens (tertiary/aromatic N) is 2. The summed E-state index contributed by atoms with van der Waals surface area (Å²) in [5.41, 5.74) is 0.405. The number of rotatable bonds is 4. The van der Waals surface area contributed by atoms with Crippen molar-refractivity contribution in [3.05, 3.63) is 24.0 Å². The minimum atomic E-state index is -0.832. The first-order valence-electron chi connectivity index (χ1n) is 6.31. The minimum Gasteiger partial charge on any atom is -0.477 e. The lowest BCUT2D eigenvalue weighted by atomic mass is 9.96. The molecule has 0 aromatic carbocycles. The number of carboxylic acids is 1. The molecule has 1 saturated heterocycles. The maximum Gasteiger partial charge on any atom is 0.352 e. The molecular weight excluding hydrogens is 216 g/mol. The molecule has 2 rings (SSSR count). The average Bonchev–Trinajstić information content (AvgIpc) is 2.78. The molecule has 0 radical (unpaired) electrons. The number of likely N-dealkylation sites (tertiary alicyclic amines) is 1. The molecule has 17 heavy (non-hydrogen) atoms. The fourth-order valence-corrected chi connectivity index (χ4v) is 2.53. The quantitative estimate of drug-likeness (QED) is 0.868. The van der Waals surface area contributed by atoms with E-state index in [2.05, 4.69) is 11.8 Å². The van der Waals surface area contributed by atoms with E-state index in [4.69, 9.17) is 5.11 Å². The predicted molar refractivity (Wildman–Crippen MR) is 66.2 cm³/mol. The van der Waals surface area contributed by atoms with Crippen LogP contribution in [0.1, 0.15) is 30.3 Å². The molecule has 2 heterocycles. The monoisotopic (exact) mass is 236 g/mol. The zero-order valence-corrected chi connectivity index (χ0v) is 10.3. The van der Waals surface area contributed by atoms with Crippen molar-refractivity contribution in [2.45, 2.75) is 26.3 Å². The number of hydrogen-bond donors (Lipinski definition) is 1. The first-order valence-corrected chi connectivity index (χ1v) is 6.31. The van der Waals surface area contributed by atoms with Gasteiger partial charge in [0.15, 0.2) is 0 Å². The molecule has 4 nitrogen and oxygen atoms in total. The van der Waals surface area contributed by atoms with Gasteiger partial charge >= 0.3 is 5.97 Å². The highest BCUT2D eigenvalue weighted by molar-refractivity contribution is 5.85. The van der Waals surface area contributed by atoms with Crippen LogP contribution in [0.15, 0.2) is 18.3 Å². The van der Waals surface area contributed by atoms with Gasteiger partial charge < -0.3 is 14.6 Å². The normalized spacial score (nSPS) is 18.4. The number of hydrogen-bond acceptors (Lipinski definition) is 2. The van der Waals surface area contributed by atoms with Crippen molar-refractivity contribution >= 4 is 5.97 Å². The highest BCUT2D eigenvalue weighted by Crippen LogP contribution is 2.19. The second kappa shape index (κ2) is 5.36. The third-order valence-electron chi connectivity index (χ3n) is 3.66. The van der Waals surface area contributed by atoms with Gasteiger partial charge in [-0.05, 0) is 50.5 Å². The molecule has 0 unspecified atom stereocenters. The molecule has 0 bridgehead atoms. The summed E-state index contributed by atoms with van der Waals surface area (Å²) in [7, 11) is 0. The molecule has 0 aliphatic carbocycles. The molecule has 1 aliphatic rings. The Morgan fingerprint density at radius 1 is 1.47 bits per heavy atom. The Labute approximate surface area is 102 Å². The van der Waals surface area contributed by atoms with E-state index in [9.17, 15) is 4.79 Å². The summed E-state index contributed by atoms with van der Waals surface area (Å²) in [5.74, 6) is -0.218. The second-order valence-corrected chi connectivity index (χ2v) is 4.73. The second-order valence-electron chi connectivity index (χ2n) is 4.73. The molecule has 1 aromatic heterocycles. The van der Waals surface area contributed by atoms with Crippen LogP contribution in [-0.2, 0) is 6.54 Å². The van der Waals surface area contributed by atoms with Crippen LogP contribution in [0.5, 0.6) is 0 Å². The highest BCUT2D eigenvalue weighted by atomic mass is 16.4. The number of aromatic nitrogens is 1. The van der Waals surface area contributed by atoms with Crippen LogP contribution in [0.3, 0.4) is 0 Å². The van der Waals surface area contributed by atoms with Crippen LogP contribution in [-0.4, -0.2) is 40.2 Å². The Balaban J connectivity index is 1.93. The summed E-state index contributed by atoms with van der Waals surface area (Å²) in [4.78, 5) is 13.4. The van der Waals surface area contributed by atoms with Gasteiger partial charge in [0.1, 0.15) is 5.69 Å². The van der Waals surface area contributed by atoms with Crippen LogP contribution < -0.4 is 0 Å². The zero-order valence-electron chi connectivity index (χ0n) is 10.3. The van der Waals surface area contributed by atoms with E-state index in [1.54, 1.807) is 6.07 Å². The van der Waals surface area contributed by atoms with Crippen molar-refractivity contribution < 1.29 is 9.90 Å². The largest absolute Gasteiger partial charge is 0.477 e. The summed E-state index contributed by atoms with van der Waals surface area (Å²) in [6.07, 6.45) is 4.21. The van der Waals surface area contributed by atoms with E-state index < -0.39 is 5.97 Å². The maximum atomic E-state index is 11.0. The van der Waals surface area contributed by atoms with Crippen molar-refractivity contribution in [2.24, 2.45) is 5.92 Å². The number of carboxylic acid groups (broad SMARTS) is 1. The van der Waals surface area contributed by atoms with E-state index in [0.717, 1.165) is 26.2 Å². The van der Waals surface area contributed by atoms with Crippen LogP contribution in [0.4, 0.5) is 0 Å². The van der Waals surface area contributed by atoms with E-state index in [1.165, 1.54) is 12.8 Å². The Kier molecular flexibility index (Phi) is 3.84. The van der Waals surface area contributed by atoms with Crippen molar-refractivity contribution in [1.29, 1.82) is 0 Å². The topological polar surface area (TPSA) is 45.5 Å². The molecule has 1 aromatic rings. The van der Waals surface area contributed by atoms with Crippen molar-refractivity contribution in [3.8, 4) is 0 Å². The van der Waals surface area contributed by atoms with E-state index >= 15 is 0 Å². The van der Waals surface area contributed by atoms with Gasteiger partial charge in [-0.1, -0.05) is 6.92 Å². The number of piperidine rings is 1. The highest BCUT2D eigenvalue weighted by Gasteiger charge is 2.19. The number of carbonyl (C=O) groups is 1. The molecule has 4 heteroatoms. The van der Waals surface area contributed by atoms with E-state index in [0.29, 0.717) is 11.6 Å². The molecule has 1 N–H and O–H groups in total. The van der Waals surface area contributed by atoms with Gasteiger partial charge in [0.25, 0.3) is 0 Å². The SMILES string of the molecule is CCN1CCC(Cn2cccc2C(=O)O)CC1. The fraction of sp³-hybridized carbons (Fsp3) is 0.615. The van der Waals surface area contributed by atoms with Gasteiger partial charge in [-0.15, -0.1) is 0 Å². The van der Waals surface area contributed by atoms with Gasteiger partial charge in [-0.2, -0.15) is 0 Å². The molecular formula is C13H20N2O2. The standard InChI is InChI=1S/C13H20N2O2/c1-2-14-8-5-11(6-9-14)10-15-7-3-4-12(15)13(16)17/h3-4,7,11H,2,5-6,8-10H2,1H3,(H,16,17). The Bertz CT molecular complexity index is 379. The lowest BCUT2D eigenvalue weighted by molar-refractivity contribution is 0.0682. The summed E-state index contributed by atoms with van der Waals surface area (Å²) >= 11 is 0. The van der Waals surface area contributed by atoms with Gasteiger partial charge in [0.2, 0.25) is 0 Å². The molecule has 0 saturated carbocycles. The minimum absolute atomic E-state index is 0.405. The van der Waals surface area contributed by atoms with Gasteiger partial charge in [0, 0.05) is 12.7 Å². The lowest BCUT2D eigenvalue weighted by Crippen LogP contribution is -2.34. The molecule has 1 fully saturated rings. The summed E-state index contributed by atoms with van der Waals surface area (Å²) in [5, 5.41) is 9.04. The average molecular weight is 236 g/mol. The van der Waals surface area contributed by atoms with Crippen molar-refractivity contribution in [3.63, 3.8) is 0 Å². The van der Waals surface area contributed by atoms with Gasteiger partial charge in [-0.25, -0.2) is 4.79 Å². The molecule has 0 amide bonds. The number of aromatic carboxylic acids is 1. The Morgan fingerprint density at radius 3 is 2.76 bits per heavy atom. The van der Waals surface area contributed by atoms with Crippen LogP contribution in [0, 0.1) is 5.92 Å². The zero-order chi connectivity index (χ0) is 12.3. The first kappa shape index (κ1) is 12.2. The maximum absolute atomic E-state index is 11.0. The fourth-order valence-electron chi connectivity index (χ4n) is 2.53. The van der Waals surface area contributed by atoms with Gasteiger partial charge in [0.05, 0.1) is 0 Å². The van der Waals surface area contributed by atoms with Crippen molar-refractivity contribution in [1.82, 2.24) is 9.47 Å². The van der Waals surface area contributed by atoms with Crippen molar-refractivity contribution in [2.75, 3.05) is 19.6 Å². The third kappa shape index (κ3) is 2.88. The molecule has 94 valence electrons. The van der Waals surface area contributed by atoms with Gasteiger partial charge in [-0.3, -0.25) is 0 Å². The Morgan fingerprint density at radius 2 is 2.18 bits per heavy atom. The lowest BCUT2D eigenvalue weighted by Gasteiger charge is -2.31. The third-order valence-corrected chi connectivity index (χ3v) is 3.66.